The number of halogens is 1. The molecule has 9 heteroatoms. The van der Waals surface area contributed by atoms with Gasteiger partial charge in [-0.1, -0.05) is 17.7 Å². The van der Waals surface area contributed by atoms with Crippen molar-refractivity contribution in [3.05, 3.63) is 63.2 Å². The number of nitro benzene ring substituents is 1. The number of amides is 2. The molecule has 0 saturated carbocycles. The van der Waals surface area contributed by atoms with Gasteiger partial charge in [-0.3, -0.25) is 19.7 Å². The Hall–Kier alpha value is -3.13. The van der Waals surface area contributed by atoms with Gasteiger partial charge in [0.25, 0.3) is 11.6 Å². The predicted molar refractivity (Wildman–Crippen MR) is 107 cm³/mol. The number of nitrogens with zero attached hydrogens (tertiary/aromatic N) is 3. The summed E-state index contributed by atoms with van der Waals surface area (Å²) in [6.07, 6.45) is 0. The molecule has 2 aromatic rings. The topological polar surface area (TPSA) is 95.8 Å². The first-order valence-electron chi connectivity index (χ1n) is 8.71. The Morgan fingerprint density at radius 3 is 2.29 bits per heavy atom. The Morgan fingerprint density at radius 2 is 1.71 bits per heavy atom. The largest absolute Gasteiger partial charge is 0.365 e. The summed E-state index contributed by atoms with van der Waals surface area (Å²) in [5.74, 6) is -0.355. The normalized spacial score (nSPS) is 13.9. The molecule has 8 nitrogen and oxygen atoms in total. The van der Waals surface area contributed by atoms with E-state index in [0.29, 0.717) is 48.1 Å². The lowest BCUT2D eigenvalue weighted by Gasteiger charge is -2.37. The van der Waals surface area contributed by atoms with Gasteiger partial charge in [-0.05, 0) is 24.3 Å². The fourth-order valence-electron chi connectivity index (χ4n) is 3.11. The summed E-state index contributed by atoms with van der Waals surface area (Å²) < 4.78 is 0. The van der Waals surface area contributed by atoms with E-state index in [-0.39, 0.29) is 17.5 Å². The number of para-hydroxylation sites is 1. The summed E-state index contributed by atoms with van der Waals surface area (Å²) in [5, 5.41) is 14.1. The smallest absolute Gasteiger partial charge is 0.269 e. The van der Waals surface area contributed by atoms with Crippen molar-refractivity contribution < 1.29 is 14.5 Å². The molecule has 0 atom stereocenters. The maximum Gasteiger partial charge on any atom is 0.269 e. The van der Waals surface area contributed by atoms with Gasteiger partial charge in [0.2, 0.25) is 5.91 Å². The summed E-state index contributed by atoms with van der Waals surface area (Å²) in [4.78, 5) is 38.2. The molecule has 146 valence electrons. The molecule has 1 aliphatic rings. The Labute approximate surface area is 166 Å². The van der Waals surface area contributed by atoms with E-state index in [1.807, 2.05) is 4.90 Å². The maximum absolute atomic E-state index is 12.6. The first kappa shape index (κ1) is 19.6. The van der Waals surface area contributed by atoms with Crippen molar-refractivity contribution in [3.63, 3.8) is 0 Å². The zero-order chi connectivity index (χ0) is 20.3. The van der Waals surface area contributed by atoms with Gasteiger partial charge in [0.1, 0.15) is 0 Å². The average molecular weight is 403 g/mol. The van der Waals surface area contributed by atoms with Crippen LogP contribution in [0.1, 0.15) is 17.3 Å². The van der Waals surface area contributed by atoms with Gasteiger partial charge in [-0.25, -0.2) is 0 Å². The third-order valence-corrected chi connectivity index (χ3v) is 4.92. The molecule has 0 aromatic heterocycles. The van der Waals surface area contributed by atoms with E-state index in [4.69, 9.17) is 11.6 Å². The highest BCUT2D eigenvalue weighted by Crippen LogP contribution is 2.35. The van der Waals surface area contributed by atoms with Gasteiger partial charge < -0.3 is 15.1 Å². The Balaban J connectivity index is 1.79. The van der Waals surface area contributed by atoms with Crippen molar-refractivity contribution in [1.82, 2.24) is 4.90 Å². The molecule has 0 radical (unpaired) electrons. The lowest BCUT2D eigenvalue weighted by molar-refractivity contribution is -0.384. The van der Waals surface area contributed by atoms with Crippen molar-refractivity contribution in [3.8, 4) is 0 Å². The van der Waals surface area contributed by atoms with Gasteiger partial charge in [-0.15, -0.1) is 0 Å². The van der Waals surface area contributed by atoms with E-state index in [9.17, 15) is 19.7 Å². The first-order chi connectivity index (χ1) is 13.4. The Morgan fingerprint density at radius 1 is 1.07 bits per heavy atom. The second-order valence-electron chi connectivity index (χ2n) is 6.39. The van der Waals surface area contributed by atoms with Crippen LogP contribution in [0.4, 0.5) is 17.1 Å². The molecule has 0 aliphatic carbocycles. The third-order valence-electron chi connectivity index (χ3n) is 4.62. The van der Waals surface area contributed by atoms with Crippen molar-refractivity contribution in [2.24, 2.45) is 0 Å². The Bertz CT molecular complexity index is 909. The van der Waals surface area contributed by atoms with E-state index in [2.05, 4.69) is 5.32 Å². The van der Waals surface area contributed by atoms with Crippen LogP contribution in [-0.2, 0) is 4.79 Å². The number of anilines is 2. The fraction of sp³-hybridized carbons (Fsp3) is 0.263. The maximum atomic E-state index is 12.6. The van der Waals surface area contributed by atoms with Crippen molar-refractivity contribution in [1.29, 1.82) is 0 Å². The van der Waals surface area contributed by atoms with Crippen LogP contribution in [0.2, 0.25) is 5.02 Å². The summed E-state index contributed by atoms with van der Waals surface area (Å²) in [5.41, 5.74) is 1.47. The number of nitrogens with one attached hydrogen (secondary N) is 1. The van der Waals surface area contributed by atoms with Crippen molar-refractivity contribution >= 4 is 40.5 Å². The van der Waals surface area contributed by atoms with Gasteiger partial charge in [-0.2, -0.15) is 0 Å². The van der Waals surface area contributed by atoms with Gasteiger partial charge in [0.15, 0.2) is 0 Å². The highest BCUT2D eigenvalue weighted by atomic mass is 35.5. The number of benzene rings is 2. The monoisotopic (exact) mass is 402 g/mol. The van der Waals surface area contributed by atoms with Crippen LogP contribution in [0.25, 0.3) is 0 Å². The van der Waals surface area contributed by atoms with Crippen LogP contribution in [0.3, 0.4) is 0 Å². The number of rotatable bonds is 4. The minimum absolute atomic E-state index is 0.0329. The zero-order valence-electron chi connectivity index (χ0n) is 15.2. The lowest BCUT2D eigenvalue weighted by Crippen LogP contribution is -2.48. The molecule has 1 fully saturated rings. The lowest BCUT2D eigenvalue weighted by atomic mass is 10.1. The zero-order valence-corrected chi connectivity index (χ0v) is 16.0. The fourth-order valence-corrected chi connectivity index (χ4v) is 3.41. The molecular formula is C19H19ClN4O4. The first-order valence-corrected chi connectivity index (χ1v) is 9.09. The number of nitro groups is 1. The number of hydrogen-bond acceptors (Lipinski definition) is 5. The van der Waals surface area contributed by atoms with Crippen LogP contribution in [0.5, 0.6) is 0 Å². The van der Waals surface area contributed by atoms with Gasteiger partial charge in [0.05, 0.1) is 21.3 Å². The minimum Gasteiger partial charge on any atom is -0.365 e. The van der Waals surface area contributed by atoms with Crippen LogP contribution < -0.4 is 10.2 Å². The molecule has 2 aromatic carbocycles. The van der Waals surface area contributed by atoms with Crippen LogP contribution >= 0.6 is 11.6 Å². The number of non-ortho nitro benzene ring substituents is 1. The highest BCUT2D eigenvalue weighted by Gasteiger charge is 2.23. The predicted octanol–water partition coefficient (Wildman–Crippen LogP) is 3.17. The molecule has 1 heterocycles. The summed E-state index contributed by atoms with van der Waals surface area (Å²) >= 11 is 6.40. The van der Waals surface area contributed by atoms with Crippen molar-refractivity contribution in [2.45, 2.75) is 6.92 Å². The highest BCUT2D eigenvalue weighted by molar-refractivity contribution is 6.34. The van der Waals surface area contributed by atoms with Crippen LogP contribution in [0, 0.1) is 10.1 Å². The third kappa shape index (κ3) is 4.23. The molecule has 0 bridgehead atoms. The number of hydrogen-bond donors (Lipinski definition) is 1. The van der Waals surface area contributed by atoms with E-state index in [0.717, 1.165) is 0 Å². The van der Waals surface area contributed by atoms with E-state index in [1.54, 1.807) is 30.0 Å². The quantitative estimate of drug-likeness (QED) is 0.626. The van der Waals surface area contributed by atoms with Crippen molar-refractivity contribution in [2.75, 3.05) is 36.4 Å². The minimum atomic E-state index is -0.516. The second kappa shape index (κ2) is 8.26. The Kier molecular flexibility index (Phi) is 5.79. The molecule has 0 unspecified atom stereocenters. The van der Waals surface area contributed by atoms with Gasteiger partial charge in [0, 0.05) is 50.8 Å². The molecular weight excluding hydrogens is 384 g/mol. The molecule has 1 saturated heterocycles. The molecule has 3 rings (SSSR count). The second-order valence-corrected chi connectivity index (χ2v) is 6.79. The number of carbonyl (C=O) groups excluding carboxylic acids is 2. The summed E-state index contributed by atoms with van der Waals surface area (Å²) in [7, 11) is 0. The summed E-state index contributed by atoms with van der Waals surface area (Å²) in [6.45, 7) is 3.90. The average Bonchev–Trinajstić information content (AvgIpc) is 2.68. The molecule has 28 heavy (non-hydrogen) atoms. The standard InChI is InChI=1S/C19H19ClN4O4/c1-13(25)22-9-11-23(12-10-22)18-16(20)3-2-4-17(18)21-19(26)14-5-7-15(8-6-14)24(27)28/h2-8H,9-12H2,1H3,(H,21,26). The van der Waals surface area contributed by atoms with Crippen LogP contribution in [0.15, 0.2) is 42.5 Å². The van der Waals surface area contributed by atoms with Gasteiger partial charge >= 0.3 is 0 Å². The summed E-state index contributed by atoms with van der Waals surface area (Å²) in [6, 6.07) is 10.6. The van der Waals surface area contributed by atoms with E-state index in [1.165, 1.54) is 24.3 Å². The van der Waals surface area contributed by atoms with Crippen LogP contribution in [-0.4, -0.2) is 47.8 Å². The molecule has 0 spiro atoms. The van der Waals surface area contributed by atoms with E-state index >= 15 is 0 Å². The SMILES string of the molecule is CC(=O)N1CCN(c2c(Cl)cccc2NC(=O)c2ccc([N+](=O)[O-])cc2)CC1. The number of piperazine rings is 1. The molecule has 2 amide bonds. The van der Waals surface area contributed by atoms with E-state index < -0.39 is 4.92 Å². The number of carbonyl (C=O) groups is 2. The molecule has 1 N–H and O–H groups in total. The molecule has 1 aliphatic heterocycles.